The summed E-state index contributed by atoms with van der Waals surface area (Å²) in [7, 11) is 8.38. The van der Waals surface area contributed by atoms with Crippen molar-refractivity contribution in [2.45, 2.75) is 31.3 Å². The van der Waals surface area contributed by atoms with Gasteiger partial charge in [-0.05, 0) is 82.8 Å². The summed E-state index contributed by atoms with van der Waals surface area (Å²) < 4.78 is 0. The van der Waals surface area contributed by atoms with Crippen molar-refractivity contribution in [3.05, 3.63) is 59.7 Å². The molecule has 2 aliphatic rings. The first-order valence-corrected chi connectivity index (χ1v) is 13.3. The Balaban J connectivity index is 1.20. The van der Waals surface area contributed by atoms with Crippen LogP contribution in [0.3, 0.4) is 0 Å². The second-order valence-electron chi connectivity index (χ2n) is 10.9. The second-order valence-corrected chi connectivity index (χ2v) is 10.9. The van der Waals surface area contributed by atoms with Crippen LogP contribution in [0.2, 0.25) is 0 Å². The summed E-state index contributed by atoms with van der Waals surface area (Å²) >= 11 is 0. The molecule has 0 bridgehead atoms. The van der Waals surface area contributed by atoms with E-state index in [0.717, 1.165) is 56.8 Å². The fourth-order valence-corrected chi connectivity index (χ4v) is 5.21. The molecule has 2 N–H and O–H groups in total. The zero-order chi connectivity index (χ0) is 26.4. The van der Waals surface area contributed by atoms with Crippen molar-refractivity contribution >= 4 is 23.2 Å². The van der Waals surface area contributed by atoms with Crippen LogP contribution in [0.15, 0.2) is 48.5 Å². The highest BCUT2D eigenvalue weighted by Gasteiger charge is 2.26. The molecule has 2 heterocycles. The van der Waals surface area contributed by atoms with Gasteiger partial charge in [0.2, 0.25) is 11.8 Å². The number of hydrogen-bond acceptors (Lipinski definition) is 6. The summed E-state index contributed by atoms with van der Waals surface area (Å²) in [6.45, 7) is 4.68. The smallest absolute Gasteiger partial charge is 0.238 e. The predicted octanol–water partition coefficient (Wildman–Crippen LogP) is 2.43. The van der Waals surface area contributed by atoms with E-state index in [1.807, 2.05) is 24.3 Å². The largest absolute Gasteiger partial charge is 0.325 e. The average molecular weight is 507 g/mol. The van der Waals surface area contributed by atoms with Crippen LogP contribution in [0.4, 0.5) is 11.4 Å². The molecule has 37 heavy (non-hydrogen) atoms. The number of benzene rings is 2. The molecular weight excluding hydrogens is 464 g/mol. The molecule has 200 valence electrons. The monoisotopic (exact) mass is 506 g/mol. The van der Waals surface area contributed by atoms with Gasteiger partial charge in [0.25, 0.3) is 0 Å². The first kappa shape index (κ1) is 27.3. The van der Waals surface area contributed by atoms with Gasteiger partial charge in [-0.25, -0.2) is 0 Å². The van der Waals surface area contributed by atoms with Gasteiger partial charge in [-0.15, -0.1) is 0 Å². The number of carbonyl (C=O) groups excluding carboxylic acids is 2. The van der Waals surface area contributed by atoms with Crippen molar-refractivity contribution in [3.8, 4) is 0 Å². The minimum atomic E-state index is 0.0343. The van der Waals surface area contributed by atoms with Crippen LogP contribution in [0, 0.1) is 0 Å². The molecule has 2 amide bonds. The highest BCUT2D eigenvalue weighted by Crippen LogP contribution is 2.18. The molecule has 2 aromatic carbocycles. The Morgan fingerprint density at radius 3 is 1.41 bits per heavy atom. The van der Waals surface area contributed by atoms with Crippen molar-refractivity contribution < 1.29 is 9.59 Å². The maximum atomic E-state index is 12.5. The summed E-state index contributed by atoms with van der Waals surface area (Å²) in [6, 6.07) is 17.1. The lowest BCUT2D eigenvalue weighted by atomic mass is 10.0. The van der Waals surface area contributed by atoms with Crippen LogP contribution in [-0.2, 0) is 16.0 Å². The topological polar surface area (TPSA) is 71.2 Å². The molecule has 2 fully saturated rings. The van der Waals surface area contributed by atoms with Crippen molar-refractivity contribution in [2.75, 3.05) is 78.1 Å². The van der Waals surface area contributed by atoms with Crippen molar-refractivity contribution in [1.29, 1.82) is 0 Å². The van der Waals surface area contributed by atoms with E-state index in [0.29, 0.717) is 25.2 Å². The molecular formula is C29H42N6O2. The molecule has 0 radical (unpaired) electrons. The van der Waals surface area contributed by atoms with Gasteiger partial charge in [0.05, 0.1) is 13.1 Å². The number of likely N-dealkylation sites (tertiary alicyclic amines) is 2. The number of anilines is 2. The summed E-state index contributed by atoms with van der Waals surface area (Å²) in [6.07, 6.45) is 3.01. The van der Waals surface area contributed by atoms with E-state index < -0.39 is 0 Å². The summed E-state index contributed by atoms with van der Waals surface area (Å²) in [4.78, 5) is 33.8. The zero-order valence-electron chi connectivity index (χ0n) is 22.7. The van der Waals surface area contributed by atoms with Gasteiger partial charge in [-0.2, -0.15) is 0 Å². The Morgan fingerprint density at radius 1 is 0.703 bits per heavy atom. The van der Waals surface area contributed by atoms with Crippen LogP contribution >= 0.6 is 0 Å². The van der Waals surface area contributed by atoms with Crippen LogP contribution in [0.1, 0.15) is 24.0 Å². The highest BCUT2D eigenvalue weighted by molar-refractivity contribution is 5.92. The van der Waals surface area contributed by atoms with E-state index >= 15 is 0 Å². The van der Waals surface area contributed by atoms with Gasteiger partial charge >= 0.3 is 0 Å². The fraction of sp³-hybridized carbons (Fsp3) is 0.517. The van der Waals surface area contributed by atoms with Gasteiger partial charge in [0.1, 0.15) is 0 Å². The predicted molar refractivity (Wildman–Crippen MR) is 150 cm³/mol. The number of amides is 2. The van der Waals surface area contributed by atoms with Crippen molar-refractivity contribution in [3.63, 3.8) is 0 Å². The third kappa shape index (κ3) is 8.10. The summed E-state index contributed by atoms with van der Waals surface area (Å²) in [5.41, 5.74) is 4.00. The number of nitrogens with zero attached hydrogens (tertiary/aromatic N) is 4. The van der Waals surface area contributed by atoms with E-state index in [1.54, 1.807) is 0 Å². The second kappa shape index (κ2) is 12.6. The van der Waals surface area contributed by atoms with E-state index in [2.05, 4.69) is 82.7 Å². The third-order valence-corrected chi connectivity index (χ3v) is 7.57. The molecule has 0 aromatic heterocycles. The first-order chi connectivity index (χ1) is 17.7. The molecule has 8 nitrogen and oxygen atoms in total. The number of likely N-dealkylation sites (N-methyl/N-ethyl adjacent to an activating group) is 2. The average Bonchev–Trinajstić information content (AvgIpc) is 3.51. The number of rotatable bonds is 10. The third-order valence-electron chi connectivity index (χ3n) is 7.57. The first-order valence-electron chi connectivity index (χ1n) is 13.3. The lowest BCUT2D eigenvalue weighted by Gasteiger charge is -2.20. The van der Waals surface area contributed by atoms with Crippen molar-refractivity contribution in [1.82, 2.24) is 19.6 Å². The van der Waals surface area contributed by atoms with Crippen LogP contribution in [-0.4, -0.2) is 111 Å². The maximum Gasteiger partial charge on any atom is 0.238 e. The van der Waals surface area contributed by atoms with Gasteiger partial charge in [-0.1, -0.05) is 24.3 Å². The van der Waals surface area contributed by atoms with E-state index in [1.165, 1.54) is 11.1 Å². The maximum absolute atomic E-state index is 12.5. The van der Waals surface area contributed by atoms with Gasteiger partial charge in [-0.3, -0.25) is 19.4 Å². The van der Waals surface area contributed by atoms with Gasteiger partial charge in [0, 0.05) is 49.6 Å². The van der Waals surface area contributed by atoms with Gasteiger partial charge < -0.3 is 20.4 Å². The van der Waals surface area contributed by atoms with Gasteiger partial charge in [0.15, 0.2) is 0 Å². The Kier molecular flexibility index (Phi) is 9.32. The zero-order valence-corrected chi connectivity index (χ0v) is 22.7. The number of hydrogen-bond donors (Lipinski definition) is 2. The number of nitrogens with one attached hydrogen (secondary N) is 2. The minimum absolute atomic E-state index is 0.0343. The van der Waals surface area contributed by atoms with Crippen LogP contribution < -0.4 is 10.6 Å². The minimum Gasteiger partial charge on any atom is -0.325 e. The highest BCUT2D eigenvalue weighted by atomic mass is 16.2. The molecule has 2 atom stereocenters. The molecule has 4 rings (SSSR count). The lowest BCUT2D eigenvalue weighted by Crippen LogP contribution is -2.35. The van der Waals surface area contributed by atoms with Crippen LogP contribution in [0.5, 0.6) is 0 Å². The van der Waals surface area contributed by atoms with Crippen LogP contribution in [0.25, 0.3) is 0 Å². The summed E-state index contributed by atoms with van der Waals surface area (Å²) in [5, 5.41) is 6.05. The Labute approximate surface area is 221 Å². The molecule has 0 spiro atoms. The Bertz CT molecular complexity index is 954. The molecule has 0 aliphatic carbocycles. The normalized spacial score (nSPS) is 20.6. The molecule has 0 unspecified atom stereocenters. The van der Waals surface area contributed by atoms with E-state index in [4.69, 9.17) is 0 Å². The molecule has 0 saturated carbocycles. The lowest BCUT2D eigenvalue weighted by molar-refractivity contribution is -0.117. The molecule has 2 aliphatic heterocycles. The molecule has 2 saturated heterocycles. The fourth-order valence-electron chi connectivity index (χ4n) is 5.21. The molecule has 2 aromatic rings. The van der Waals surface area contributed by atoms with E-state index in [-0.39, 0.29) is 11.8 Å². The van der Waals surface area contributed by atoms with Crippen molar-refractivity contribution in [2.24, 2.45) is 0 Å². The SMILES string of the molecule is CN(C)[C@@H]1CCN(CC(=O)Nc2ccc(Cc3ccc(NC(=O)CN4CC[C@@H](N(C)C)C4)cc3)cc2)C1. The Morgan fingerprint density at radius 2 is 1.08 bits per heavy atom. The number of carbonyl (C=O) groups is 2. The standard InChI is InChI=1S/C29H42N6O2/c1-32(2)26-13-15-34(18-26)20-28(36)30-24-9-5-22(6-10-24)17-23-7-11-25(12-8-23)31-29(37)21-35-16-14-27(19-35)33(3)4/h5-12,26-27H,13-21H2,1-4H3,(H,30,36)(H,31,37)/t26-,27-/m1/s1. The molecule has 8 heteroatoms. The summed E-state index contributed by atoms with van der Waals surface area (Å²) in [5.74, 6) is 0.0686. The van der Waals surface area contributed by atoms with E-state index in [9.17, 15) is 9.59 Å². The quantitative estimate of drug-likeness (QED) is 0.516. The Hall–Kier alpha value is -2.78.